The number of amides is 1. The van der Waals surface area contributed by atoms with Crippen LogP contribution in [0.2, 0.25) is 0 Å². The highest BCUT2D eigenvalue weighted by molar-refractivity contribution is 7.91. The van der Waals surface area contributed by atoms with E-state index in [1.807, 2.05) is 4.90 Å². The van der Waals surface area contributed by atoms with Crippen molar-refractivity contribution < 1.29 is 22.0 Å². The molecule has 0 aromatic heterocycles. The van der Waals surface area contributed by atoms with Crippen LogP contribution in [0.25, 0.3) is 0 Å². The number of alkyl halides is 2. The van der Waals surface area contributed by atoms with Crippen molar-refractivity contribution in [3.05, 3.63) is 29.8 Å². The van der Waals surface area contributed by atoms with E-state index in [-0.39, 0.29) is 18.0 Å². The van der Waals surface area contributed by atoms with Gasteiger partial charge in [-0.15, -0.1) is 0 Å². The van der Waals surface area contributed by atoms with Crippen molar-refractivity contribution in [2.45, 2.75) is 61.3 Å². The van der Waals surface area contributed by atoms with Gasteiger partial charge in [-0.2, -0.15) is 8.78 Å². The number of halogens is 2. The van der Waals surface area contributed by atoms with Crippen molar-refractivity contribution in [2.75, 3.05) is 0 Å². The van der Waals surface area contributed by atoms with Crippen molar-refractivity contribution in [2.24, 2.45) is 0 Å². The summed E-state index contributed by atoms with van der Waals surface area (Å²) >= 11 is 0. The number of benzene rings is 1. The van der Waals surface area contributed by atoms with Gasteiger partial charge in [0, 0.05) is 17.6 Å². The summed E-state index contributed by atoms with van der Waals surface area (Å²) in [5, 5.41) is 0. The normalized spacial score (nSPS) is 19.3. The second-order valence-corrected chi connectivity index (χ2v) is 8.13. The number of hydrogen-bond donors (Lipinski definition) is 0. The Labute approximate surface area is 134 Å². The summed E-state index contributed by atoms with van der Waals surface area (Å²) in [6.07, 6.45) is 6.24. The number of hydrogen-bond acceptors (Lipinski definition) is 3. The third kappa shape index (κ3) is 3.24. The molecule has 23 heavy (non-hydrogen) atoms. The largest absolute Gasteiger partial charge is 0.341 e. The van der Waals surface area contributed by atoms with E-state index in [1.54, 1.807) is 0 Å². The summed E-state index contributed by atoms with van der Waals surface area (Å²) < 4.78 is 47.9. The minimum absolute atomic E-state index is 0.125. The van der Waals surface area contributed by atoms with Crippen molar-refractivity contribution >= 4 is 15.7 Å². The molecule has 4 nitrogen and oxygen atoms in total. The predicted octanol–water partition coefficient (Wildman–Crippen LogP) is 3.23. The zero-order valence-corrected chi connectivity index (χ0v) is 13.4. The molecular formula is C16H19F2NO3S. The number of carbonyl (C=O) groups is 1. The maximum atomic E-state index is 12.7. The zero-order chi connectivity index (χ0) is 16.6. The van der Waals surface area contributed by atoms with Gasteiger partial charge in [0.15, 0.2) is 0 Å². The second kappa shape index (κ2) is 6.19. The molecule has 0 saturated heterocycles. The van der Waals surface area contributed by atoms with Gasteiger partial charge in [0.1, 0.15) is 0 Å². The van der Waals surface area contributed by atoms with Gasteiger partial charge in [-0.3, -0.25) is 4.79 Å². The number of sulfone groups is 1. The first-order chi connectivity index (χ1) is 10.9. The van der Waals surface area contributed by atoms with Gasteiger partial charge in [0.2, 0.25) is 9.84 Å². The van der Waals surface area contributed by atoms with Gasteiger partial charge >= 0.3 is 5.76 Å². The molecule has 2 saturated carbocycles. The molecule has 2 aliphatic carbocycles. The molecule has 0 N–H and O–H groups in total. The summed E-state index contributed by atoms with van der Waals surface area (Å²) in [4.78, 5) is 14.2. The minimum Gasteiger partial charge on any atom is -0.333 e. The van der Waals surface area contributed by atoms with Crippen LogP contribution in [0.4, 0.5) is 8.78 Å². The van der Waals surface area contributed by atoms with Crippen LogP contribution < -0.4 is 0 Å². The third-order valence-corrected chi connectivity index (χ3v) is 5.96. The standard InChI is InChI=1S/C16H19F2NO3S/c17-16(18)23(21,22)14-9-5-11(6-10-14)15(20)19(13-7-8-13)12-3-1-2-4-12/h5-6,9-10,12-13,16H,1-4,7-8H2. The van der Waals surface area contributed by atoms with Crippen molar-refractivity contribution in [1.29, 1.82) is 0 Å². The van der Waals surface area contributed by atoms with Crippen LogP contribution in [0.3, 0.4) is 0 Å². The lowest BCUT2D eigenvalue weighted by atomic mass is 10.1. The molecule has 0 bridgehead atoms. The zero-order valence-electron chi connectivity index (χ0n) is 12.6. The summed E-state index contributed by atoms with van der Waals surface area (Å²) in [6, 6.07) is 5.38. The number of carbonyl (C=O) groups excluding carboxylic acids is 1. The molecule has 2 aliphatic rings. The molecule has 0 atom stereocenters. The highest BCUT2D eigenvalue weighted by Gasteiger charge is 2.38. The minimum atomic E-state index is -4.62. The van der Waals surface area contributed by atoms with Crippen LogP contribution in [-0.2, 0) is 9.84 Å². The Bertz CT molecular complexity index is 678. The Morgan fingerprint density at radius 1 is 1.00 bits per heavy atom. The average Bonchev–Trinajstić information content (AvgIpc) is 3.21. The first-order valence-electron chi connectivity index (χ1n) is 7.86. The molecule has 2 fully saturated rings. The highest BCUT2D eigenvalue weighted by Crippen LogP contribution is 2.35. The first kappa shape index (κ1) is 16.4. The third-order valence-electron chi connectivity index (χ3n) is 4.56. The quantitative estimate of drug-likeness (QED) is 0.825. The fourth-order valence-electron chi connectivity index (χ4n) is 3.20. The number of rotatable bonds is 5. The van der Waals surface area contributed by atoms with Crippen LogP contribution in [0.1, 0.15) is 48.9 Å². The molecule has 1 amide bonds. The Kier molecular flexibility index (Phi) is 4.40. The van der Waals surface area contributed by atoms with Crippen LogP contribution >= 0.6 is 0 Å². The van der Waals surface area contributed by atoms with E-state index < -0.39 is 20.5 Å². The fourth-order valence-corrected chi connectivity index (χ4v) is 3.93. The molecule has 126 valence electrons. The Hall–Kier alpha value is -1.50. The monoisotopic (exact) mass is 343 g/mol. The van der Waals surface area contributed by atoms with E-state index in [9.17, 15) is 22.0 Å². The molecule has 1 aromatic rings. The molecule has 0 heterocycles. The summed E-state index contributed by atoms with van der Waals surface area (Å²) in [7, 11) is -4.62. The first-order valence-corrected chi connectivity index (χ1v) is 9.40. The molecule has 0 radical (unpaired) electrons. The van der Waals surface area contributed by atoms with Crippen LogP contribution in [-0.4, -0.2) is 37.1 Å². The van der Waals surface area contributed by atoms with Crippen LogP contribution in [0.15, 0.2) is 29.2 Å². The van der Waals surface area contributed by atoms with Crippen LogP contribution in [0, 0.1) is 0 Å². The van der Waals surface area contributed by atoms with Gasteiger partial charge in [-0.05, 0) is 49.9 Å². The molecule has 7 heteroatoms. The maximum absolute atomic E-state index is 12.7. The van der Waals surface area contributed by atoms with Gasteiger partial charge in [0.05, 0.1) is 4.90 Å². The van der Waals surface area contributed by atoms with E-state index in [2.05, 4.69) is 0 Å². The lowest BCUT2D eigenvalue weighted by molar-refractivity contribution is 0.0664. The molecule has 0 aliphatic heterocycles. The van der Waals surface area contributed by atoms with E-state index in [1.165, 1.54) is 12.1 Å². The van der Waals surface area contributed by atoms with Crippen molar-refractivity contribution in [3.8, 4) is 0 Å². The van der Waals surface area contributed by atoms with E-state index in [0.717, 1.165) is 50.7 Å². The highest BCUT2D eigenvalue weighted by atomic mass is 32.2. The number of nitrogens with zero attached hydrogens (tertiary/aromatic N) is 1. The van der Waals surface area contributed by atoms with Crippen molar-refractivity contribution in [3.63, 3.8) is 0 Å². The molecule has 0 spiro atoms. The topological polar surface area (TPSA) is 54.5 Å². The second-order valence-electron chi connectivity index (χ2n) is 6.21. The lowest BCUT2D eigenvalue weighted by Gasteiger charge is -2.29. The van der Waals surface area contributed by atoms with Gasteiger partial charge in [0.25, 0.3) is 5.91 Å². The average molecular weight is 343 g/mol. The van der Waals surface area contributed by atoms with Crippen molar-refractivity contribution in [1.82, 2.24) is 4.90 Å². The van der Waals surface area contributed by atoms with E-state index in [0.29, 0.717) is 5.56 Å². The Morgan fingerprint density at radius 2 is 1.52 bits per heavy atom. The fraction of sp³-hybridized carbons (Fsp3) is 0.562. The van der Waals surface area contributed by atoms with Gasteiger partial charge in [-0.25, -0.2) is 8.42 Å². The Morgan fingerprint density at radius 3 is 2.00 bits per heavy atom. The molecule has 0 unspecified atom stereocenters. The lowest BCUT2D eigenvalue weighted by Crippen LogP contribution is -2.40. The molecule has 3 rings (SSSR count). The van der Waals surface area contributed by atoms with E-state index >= 15 is 0 Å². The predicted molar refractivity (Wildman–Crippen MR) is 81.1 cm³/mol. The summed E-state index contributed by atoms with van der Waals surface area (Å²) in [5.74, 6) is -3.58. The molecular weight excluding hydrogens is 324 g/mol. The summed E-state index contributed by atoms with van der Waals surface area (Å²) in [5.41, 5.74) is 0.358. The Balaban J connectivity index is 1.82. The van der Waals surface area contributed by atoms with Gasteiger partial charge in [-0.1, -0.05) is 12.8 Å². The maximum Gasteiger partial charge on any atom is 0.341 e. The SMILES string of the molecule is O=C(c1ccc(S(=O)(=O)C(F)F)cc1)N(C1CCCC1)C1CC1. The molecule has 1 aromatic carbocycles. The van der Waals surface area contributed by atoms with Gasteiger partial charge < -0.3 is 4.90 Å². The van der Waals surface area contributed by atoms with E-state index in [4.69, 9.17) is 0 Å². The summed E-state index contributed by atoms with van der Waals surface area (Å²) in [6.45, 7) is 0. The smallest absolute Gasteiger partial charge is 0.333 e. The van der Waals surface area contributed by atoms with Crippen LogP contribution in [0.5, 0.6) is 0 Å².